The molecule has 212 valence electrons. The molecule has 2 heterocycles. The summed E-state index contributed by atoms with van der Waals surface area (Å²) in [4.78, 5) is 24.3. The van der Waals surface area contributed by atoms with E-state index in [0.29, 0.717) is 37.4 Å². The summed E-state index contributed by atoms with van der Waals surface area (Å²) < 4.78 is 24.5. The van der Waals surface area contributed by atoms with Gasteiger partial charge in [-0.1, -0.05) is 0 Å². The minimum Gasteiger partial charge on any atom is -0.497 e. The van der Waals surface area contributed by atoms with Crippen LogP contribution in [0.3, 0.4) is 0 Å². The van der Waals surface area contributed by atoms with Gasteiger partial charge in [0, 0.05) is 61.0 Å². The number of ether oxygens (including phenoxy) is 4. The molecule has 4 aromatic rings. The molecule has 0 saturated carbocycles. The molecule has 0 aliphatic carbocycles. The normalized spacial score (nSPS) is 13.1. The second-order valence-corrected chi connectivity index (χ2v) is 9.24. The van der Waals surface area contributed by atoms with Crippen LogP contribution in [0.15, 0.2) is 48.6 Å². The lowest BCUT2D eigenvalue weighted by Crippen LogP contribution is -2.29. The van der Waals surface area contributed by atoms with Crippen molar-refractivity contribution in [3.63, 3.8) is 0 Å². The molecule has 2 aromatic heterocycles. The number of nitrogens with two attached hydrogens (primary N) is 2. The van der Waals surface area contributed by atoms with Crippen LogP contribution in [-0.2, 0) is 32.2 Å². The molecule has 0 radical (unpaired) electrons. The average molecular weight is 551 g/mol. The summed E-state index contributed by atoms with van der Waals surface area (Å²) in [6.07, 6.45) is 0.762. The highest BCUT2D eigenvalue weighted by Gasteiger charge is 2.15. The van der Waals surface area contributed by atoms with Crippen LogP contribution in [0, 0.1) is 13.8 Å². The van der Waals surface area contributed by atoms with Gasteiger partial charge in [0.05, 0.1) is 36.6 Å². The first-order valence-corrected chi connectivity index (χ1v) is 12.8. The molecule has 2 unspecified atom stereocenters. The number of hydrogen-bond donors (Lipinski definition) is 2. The molecule has 40 heavy (non-hydrogen) atoms. The van der Waals surface area contributed by atoms with Crippen molar-refractivity contribution in [2.45, 2.75) is 52.2 Å². The highest BCUT2D eigenvalue weighted by Crippen LogP contribution is 2.25. The SMILES string of the molecule is COc1ccc2c(C)nn(CCC(N)OC(=O)/C=C/C(=O)OC(N)CCn3nc(C)c4ccc(OC)cc43)c2c1. The molecule has 12 heteroatoms. The molecule has 4 N–H and O–H groups in total. The standard InChI is InChI=1S/C28H34N6O6/c1-17-21-7-5-19(37-3)15-23(21)33(31-17)13-11-25(29)39-27(35)9-10-28(36)40-26(30)12-14-34-24-16-20(38-4)6-8-22(24)18(2)32-34/h5-10,15-16,25-26H,11-14,29-30H2,1-4H3/b10-9+. The quantitative estimate of drug-likeness (QED) is 0.153. The van der Waals surface area contributed by atoms with Crippen LogP contribution in [0.25, 0.3) is 21.8 Å². The number of fused-ring (bicyclic) bond motifs is 2. The Morgan fingerprint density at radius 1 is 0.775 bits per heavy atom. The van der Waals surface area contributed by atoms with Gasteiger partial charge in [0.1, 0.15) is 11.5 Å². The first-order valence-electron chi connectivity index (χ1n) is 12.8. The van der Waals surface area contributed by atoms with Gasteiger partial charge in [-0.3, -0.25) is 20.8 Å². The van der Waals surface area contributed by atoms with Crippen molar-refractivity contribution in [3.05, 3.63) is 59.9 Å². The summed E-state index contributed by atoms with van der Waals surface area (Å²) in [7, 11) is 3.20. The smallest absolute Gasteiger partial charge is 0.332 e. The minimum atomic E-state index is -0.897. The van der Waals surface area contributed by atoms with Crippen molar-refractivity contribution in [3.8, 4) is 11.5 Å². The maximum atomic E-state index is 12.2. The fraction of sp³-hybridized carbons (Fsp3) is 0.357. The first kappa shape index (κ1) is 28.6. The summed E-state index contributed by atoms with van der Waals surface area (Å²) in [5.41, 5.74) is 15.5. The summed E-state index contributed by atoms with van der Waals surface area (Å²) in [5.74, 6) is -0.110. The Hall–Kier alpha value is -4.42. The number of benzene rings is 2. The molecule has 2 atom stereocenters. The molecule has 0 amide bonds. The molecule has 4 rings (SSSR count). The van der Waals surface area contributed by atoms with E-state index in [1.807, 2.05) is 50.2 Å². The van der Waals surface area contributed by atoms with Gasteiger partial charge in [-0.05, 0) is 38.1 Å². The van der Waals surface area contributed by atoms with Crippen molar-refractivity contribution >= 4 is 33.7 Å². The summed E-state index contributed by atoms with van der Waals surface area (Å²) >= 11 is 0. The monoisotopic (exact) mass is 550 g/mol. The van der Waals surface area contributed by atoms with Crippen molar-refractivity contribution in [2.75, 3.05) is 14.2 Å². The first-order chi connectivity index (χ1) is 19.2. The molecular formula is C28H34N6O6. The van der Waals surface area contributed by atoms with Crippen LogP contribution in [0.2, 0.25) is 0 Å². The zero-order chi connectivity index (χ0) is 28.8. The maximum absolute atomic E-state index is 12.2. The molecule has 0 bridgehead atoms. The van der Waals surface area contributed by atoms with Crippen LogP contribution in [0.4, 0.5) is 0 Å². The van der Waals surface area contributed by atoms with Gasteiger partial charge in [0.15, 0.2) is 12.5 Å². The second kappa shape index (κ2) is 12.6. The number of carbonyl (C=O) groups is 2. The number of hydrogen-bond acceptors (Lipinski definition) is 10. The predicted molar refractivity (Wildman–Crippen MR) is 149 cm³/mol. The van der Waals surface area contributed by atoms with E-state index in [1.165, 1.54) is 0 Å². The van der Waals surface area contributed by atoms with E-state index in [-0.39, 0.29) is 0 Å². The van der Waals surface area contributed by atoms with E-state index in [9.17, 15) is 9.59 Å². The minimum absolute atomic E-state index is 0.315. The Bertz CT molecular complexity index is 1430. The van der Waals surface area contributed by atoms with Gasteiger partial charge in [-0.15, -0.1) is 0 Å². The van der Waals surface area contributed by atoms with Gasteiger partial charge < -0.3 is 18.9 Å². The highest BCUT2D eigenvalue weighted by atomic mass is 16.6. The average Bonchev–Trinajstić information content (AvgIpc) is 3.44. The third kappa shape index (κ3) is 6.77. The maximum Gasteiger partial charge on any atom is 0.332 e. The van der Waals surface area contributed by atoms with Crippen LogP contribution < -0.4 is 20.9 Å². The molecule has 0 aliphatic heterocycles. The molecule has 0 aliphatic rings. The molecule has 0 fully saturated rings. The summed E-state index contributed by atoms with van der Waals surface area (Å²) in [6.45, 7) is 4.67. The lowest BCUT2D eigenvalue weighted by Gasteiger charge is -2.13. The number of rotatable bonds is 12. The number of aryl methyl sites for hydroxylation is 4. The Labute approximate surface area is 231 Å². The molecular weight excluding hydrogens is 516 g/mol. The van der Waals surface area contributed by atoms with E-state index >= 15 is 0 Å². The van der Waals surface area contributed by atoms with E-state index < -0.39 is 24.4 Å². The Balaban J connectivity index is 1.23. The Kier molecular flexibility index (Phi) is 9.02. The van der Waals surface area contributed by atoms with Gasteiger partial charge in [-0.25, -0.2) is 9.59 Å². The van der Waals surface area contributed by atoms with Gasteiger partial charge in [0.25, 0.3) is 0 Å². The fourth-order valence-corrected chi connectivity index (χ4v) is 4.36. The number of nitrogens with zero attached hydrogens (tertiary/aromatic N) is 4. The highest BCUT2D eigenvalue weighted by molar-refractivity contribution is 5.91. The van der Waals surface area contributed by atoms with Crippen molar-refractivity contribution in [1.29, 1.82) is 0 Å². The van der Waals surface area contributed by atoms with E-state index in [2.05, 4.69) is 10.2 Å². The van der Waals surface area contributed by atoms with E-state index in [1.54, 1.807) is 23.6 Å². The number of aromatic nitrogens is 4. The topological polar surface area (TPSA) is 159 Å². The largest absolute Gasteiger partial charge is 0.497 e. The fourth-order valence-electron chi connectivity index (χ4n) is 4.36. The zero-order valence-corrected chi connectivity index (χ0v) is 23.0. The van der Waals surface area contributed by atoms with Gasteiger partial charge in [-0.2, -0.15) is 10.2 Å². The molecule has 2 aromatic carbocycles. The second-order valence-electron chi connectivity index (χ2n) is 9.24. The molecule has 0 spiro atoms. The van der Waals surface area contributed by atoms with Crippen LogP contribution in [0.5, 0.6) is 11.5 Å². The van der Waals surface area contributed by atoms with Crippen molar-refractivity contribution < 1.29 is 28.5 Å². The van der Waals surface area contributed by atoms with Crippen LogP contribution in [0.1, 0.15) is 24.2 Å². The van der Waals surface area contributed by atoms with Gasteiger partial charge in [0.2, 0.25) is 0 Å². The van der Waals surface area contributed by atoms with E-state index in [0.717, 1.165) is 45.3 Å². The van der Waals surface area contributed by atoms with E-state index in [4.69, 9.17) is 30.4 Å². The number of methoxy groups -OCH3 is 2. The lowest BCUT2D eigenvalue weighted by atomic mass is 10.2. The van der Waals surface area contributed by atoms with Crippen molar-refractivity contribution in [1.82, 2.24) is 19.6 Å². The van der Waals surface area contributed by atoms with Crippen LogP contribution in [-0.4, -0.2) is 58.2 Å². The Morgan fingerprint density at radius 3 is 1.55 bits per heavy atom. The van der Waals surface area contributed by atoms with Gasteiger partial charge >= 0.3 is 11.9 Å². The zero-order valence-electron chi connectivity index (χ0n) is 23.0. The van der Waals surface area contributed by atoms with Crippen LogP contribution >= 0.6 is 0 Å². The third-order valence-corrected chi connectivity index (χ3v) is 6.43. The molecule has 0 saturated heterocycles. The van der Waals surface area contributed by atoms with Crippen molar-refractivity contribution in [2.24, 2.45) is 11.5 Å². The summed E-state index contributed by atoms with van der Waals surface area (Å²) in [5, 5.41) is 11.1. The predicted octanol–water partition coefficient (Wildman–Crippen LogP) is 2.71. The Morgan fingerprint density at radius 2 is 1.18 bits per heavy atom. The molecule has 12 nitrogen and oxygen atoms in total. The lowest BCUT2D eigenvalue weighted by molar-refractivity contribution is -0.146. The summed E-state index contributed by atoms with van der Waals surface area (Å²) in [6, 6.07) is 11.4. The number of esters is 2. The third-order valence-electron chi connectivity index (χ3n) is 6.43. The number of carbonyl (C=O) groups excluding carboxylic acids is 2.